The van der Waals surface area contributed by atoms with E-state index in [4.69, 9.17) is 0 Å². The molecule has 280 valence electrons. The van der Waals surface area contributed by atoms with Crippen molar-refractivity contribution in [1.82, 2.24) is 0 Å². The minimum absolute atomic E-state index is 0.252. The quantitative estimate of drug-likeness (QED) is 0.107. The number of rotatable bonds is 9. The first kappa shape index (κ1) is 35.7. The van der Waals surface area contributed by atoms with E-state index in [0.29, 0.717) is 23.7 Å². The number of hydrogen-bond acceptors (Lipinski definition) is 2. The van der Waals surface area contributed by atoms with Gasteiger partial charge in [0.1, 0.15) is 0 Å². The maximum Gasteiger partial charge on any atom is 0.0626 e. The Balaban J connectivity index is 1.02. The van der Waals surface area contributed by atoms with Gasteiger partial charge in [-0.3, -0.25) is 0 Å². The van der Waals surface area contributed by atoms with E-state index in [0.717, 1.165) is 32.1 Å². The molecular formula is C55H49NS. The fraction of sp³-hybridized carbons (Fsp3) is 0.200. The normalized spacial score (nSPS) is 23.7. The second-order valence-corrected chi connectivity index (χ2v) is 17.4. The molecule has 5 atom stereocenters. The number of unbranched alkanes of at least 4 members (excludes halogenated alkanes) is 1. The van der Waals surface area contributed by atoms with Crippen LogP contribution >= 0.6 is 11.3 Å². The predicted octanol–water partition coefficient (Wildman–Crippen LogP) is 15.1. The summed E-state index contributed by atoms with van der Waals surface area (Å²) in [6, 6.07) is 32.6. The molecular weight excluding hydrogens is 707 g/mol. The Kier molecular flexibility index (Phi) is 9.60. The summed E-state index contributed by atoms with van der Waals surface area (Å²) in [4.78, 5) is 2.71. The number of thiophene rings is 1. The van der Waals surface area contributed by atoms with E-state index in [-0.39, 0.29) is 6.04 Å². The zero-order chi connectivity index (χ0) is 38.3. The number of hydrogen-bond donors (Lipinski definition) is 0. The molecule has 5 unspecified atom stereocenters. The Bertz CT molecular complexity index is 2660. The van der Waals surface area contributed by atoms with Crippen LogP contribution < -0.4 is 4.90 Å². The molecule has 1 aliphatic heterocycles. The number of allylic oxidation sites excluding steroid dienone is 17. The van der Waals surface area contributed by atoms with E-state index >= 15 is 0 Å². The van der Waals surface area contributed by atoms with E-state index in [1.807, 2.05) is 17.4 Å². The van der Waals surface area contributed by atoms with Crippen molar-refractivity contribution in [3.05, 3.63) is 216 Å². The van der Waals surface area contributed by atoms with Crippen LogP contribution in [-0.4, -0.2) is 6.04 Å². The highest BCUT2D eigenvalue weighted by atomic mass is 32.1. The zero-order valence-corrected chi connectivity index (χ0v) is 33.5. The van der Waals surface area contributed by atoms with E-state index in [1.54, 1.807) is 0 Å². The lowest BCUT2D eigenvalue weighted by Gasteiger charge is -2.36. The summed E-state index contributed by atoms with van der Waals surface area (Å²) in [5.41, 5.74) is 13.7. The molecule has 0 spiro atoms. The van der Waals surface area contributed by atoms with Crippen molar-refractivity contribution in [3.63, 3.8) is 0 Å². The summed E-state index contributed by atoms with van der Waals surface area (Å²) in [5.74, 6) is 1.55. The van der Waals surface area contributed by atoms with Crippen LogP contribution in [0, 0.1) is 11.8 Å². The molecule has 57 heavy (non-hydrogen) atoms. The highest BCUT2D eigenvalue weighted by Gasteiger charge is 2.41. The Labute approximate surface area is 342 Å². The largest absolute Gasteiger partial charge is 0.336 e. The van der Waals surface area contributed by atoms with Crippen molar-refractivity contribution in [2.24, 2.45) is 11.8 Å². The molecule has 0 bridgehead atoms. The second-order valence-electron chi connectivity index (χ2n) is 16.3. The predicted molar refractivity (Wildman–Crippen MR) is 247 cm³/mol. The summed E-state index contributed by atoms with van der Waals surface area (Å²) < 4.78 is 2.71. The van der Waals surface area contributed by atoms with Crippen molar-refractivity contribution in [3.8, 4) is 11.1 Å². The molecule has 5 aliphatic rings. The monoisotopic (exact) mass is 755 g/mol. The standard InChI is InChI=1S/C55H49NS/c1-3-4-7-16-37(2)43-31-44(39-19-10-6-11-20-39)33-45(32-43)40-21-14-22-46(34-40)56-52-26-13-12-23-48(52)49-25-15-24-47(55(49)56)42-28-30-54-51(36-42)50-35-41(27-29-53(50)57-54)38-17-8-5-9-18-38/h3,5-6,8-17,19-32,35-36,38,40,45,48,52H,1,4,7,18,33-34H2,2H3/b37-16+. The molecule has 0 saturated heterocycles. The Morgan fingerprint density at radius 1 is 0.772 bits per heavy atom. The van der Waals surface area contributed by atoms with Crippen molar-refractivity contribution >= 4 is 42.8 Å². The summed E-state index contributed by atoms with van der Waals surface area (Å²) in [5, 5.41) is 2.73. The third kappa shape index (κ3) is 6.70. The van der Waals surface area contributed by atoms with Crippen LogP contribution in [0.3, 0.4) is 0 Å². The van der Waals surface area contributed by atoms with Crippen LogP contribution in [-0.2, 0) is 0 Å². The van der Waals surface area contributed by atoms with Gasteiger partial charge in [-0.05, 0) is 120 Å². The molecule has 10 rings (SSSR count). The van der Waals surface area contributed by atoms with Gasteiger partial charge in [-0.1, -0.05) is 146 Å². The molecule has 4 aliphatic carbocycles. The Morgan fingerprint density at radius 3 is 2.47 bits per heavy atom. The van der Waals surface area contributed by atoms with E-state index in [1.165, 1.54) is 76.1 Å². The third-order valence-corrected chi connectivity index (χ3v) is 14.0. The molecule has 0 fully saturated rings. The summed E-state index contributed by atoms with van der Waals surface area (Å²) in [6.45, 7) is 6.23. The number of para-hydroxylation sites is 1. The average Bonchev–Trinajstić information content (AvgIpc) is 3.82. The van der Waals surface area contributed by atoms with E-state index in [9.17, 15) is 0 Å². The topological polar surface area (TPSA) is 3.24 Å². The molecule has 1 aromatic heterocycles. The lowest BCUT2D eigenvalue weighted by atomic mass is 9.75. The Morgan fingerprint density at radius 2 is 1.61 bits per heavy atom. The SMILES string of the molecule is C=CCC/C=C(\C)C1=CC(C2C=CC=C(N3c4c(-c5ccc6sc7ccc(C8C=CC=CC8)cc7c6c5)cccc4C4C=CC=CC43)C2)CC(c2ccccc2)=C1. The van der Waals surface area contributed by atoms with Crippen molar-refractivity contribution in [2.75, 3.05) is 4.90 Å². The van der Waals surface area contributed by atoms with Crippen LogP contribution in [0.2, 0.25) is 0 Å². The van der Waals surface area contributed by atoms with Gasteiger partial charge in [0.15, 0.2) is 0 Å². The van der Waals surface area contributed by atoms with Crippen molar-refractivity contribution < 1.29 is 0 Å². The van der Waals surface area contributed by atoms with E-state index < -0.39 is 0 Å². The van der Waals surface area contributed by atoms with Gasteiger partial charge in [0.2, 0.25) is 0 Å². The van der Waals surface area contributed by atoms with Crippen molar-refractivity contribution in [1.29, 1.82) is 0 Å². The fourth-order valence-corrected chi connectivity index (χ4v) is 10.9. The second kappa shape index (κ2) is 15.3. The number of nitrogens with zero attached hydrogens (tertiary/aromatic N) is 1. The van der Waals surface area contributed by atoms with Gasteiger partial charge in [0.05, 0.1) is 11.7 Å². The van der Waals surface area contributed by atoms with Crippen molar-refractivity contribution in [2.45, 2.75) is 56.9 Å². The number of benzene rings is 4. The van der Waals surface area contributed by atoms with Crippen LogP contribution in [0.15, 0.2) is 199 Å². The lowest BCUT2D eigenvalue weighted by molar-refractivity contribution is 0.464. The average molecular weight is 756 g/mol. The minimum atomic E-state index is 0.252. The fourth-order valence-electron chi connectivity index (χ4n) is 9.87. The first-order chi connectivity index (χ1) is 28.1. The first-order valence-electron chi connectivity index (χ1n) is 20.8. The maximum absolute atomic E-state index is 3.95. The number of anilines is 1. The van der Waals surface area contributed by atoms with Gasteiger partial charge in [0.25, 0.3) is 0 Å². The molecule has 5 aromatic rings. The van der Waals surface area contributed by atoms with Gasteiger partial charge < -0.3 is 4.90 Å². The molecule has 2 heterocycles. The summed E-state index contributed by atoms with van der Waals surface area (Å²) in [7, 11) is 0. The molecule has 0 radical (unpaired) electrons. The van der Waals surface area contributed by atoms with Gasteiger partial charge in [-0.15, -0.1) is 17.9 Å². The summed E-state index contributed by atoms with van der Waals surface area (Å²) >= 11 is 1.91. The zero-order valence-electron chi connectivity index (χ0n) is 32.7. The van der Waals surface area contributed by atoms with Crippen LogP contribution in [0.4, 0.5) is 5.69 Å². The van der Waals surface area contributed by atoms with Gasteiger partial charge >= 0.3 is 0 Å². The first-order valence-corrected chi connectivity index (χ1v) is 21.6. The van der Waals surface area contributed by atoms with Gasteiger partial charge in [0, 0.05) is 43.3 Å². The number of fused-ring (bicyclic) bond motifs is 6. The molecule has 2 heteroatoms. The molecule has 0 N–H and O–H groups in total. The van der Waals surface area contributed by atoms with Gasteiger partial charge in [-0.25, -0.2) is 0 Å². The highest BCUT2D eigenvalue weighted by Crippen LogP contribution is 2.52. The van der Waals surface area contributed by atoms with Crippen LogP contribution in [0.1, 0.15) is 67.6 Å². The minimum Gasteiger partial charge on any atom is -0.336 e. The molecule has 0 amide bonds. The van der Waals surface area contributed by atoms with Crippen LogP contribution in [0.5, 0.6) is 0 Å². The van der Waals surface area contributed by atoms with E-state index in [2.05, 4.69) is 188 Å². The molecule has 4 aromatic carbocycles. The van der Waals surface area contributed by atoms with Crippen LogP contribution in [0.25, 0.3) is 36.9 Å². The Hall–Kier alpha value is -5.70. The molecule has 1 nitrogen and oxygen atoms in total. The third-order valence-electron chi connectivity index (χ3n) is 12.8. The molecule has 0 saturated carbocycles. The van der Waals surface area contributed by atoms with Gasteiger partial charge in [-0.2, -0.15) is 0 Å². The summed E-state index contributed by atoms with van der Waals surface area (Å²) in [6.07, 6.45) is 40.1. The smallest absolute Gasteiger partial charge is 0.0626 e. The lowest BCUT2D eigenvalue weighted by Crippen LogP contribution is -2.34. The highest BCUT2D eigenvalue weighted by molar-refractivity contribution is 7.25. The maximum atomic E-state index is 3.95.